The zero-order valence-corrected chi connectivity index (χ0v) is 10.2. The molecule has 2 amide bonds. The van der Waals surface area contributed by atoms with E-state index >= 15 is 0 Å². The molecule has 0 aromatic heterocycles. The molecule has 1 atom stereocenters. The second kappa shape index (κ2) is 5.08. The first-order valence-corrected chi connectivity index (χ1v) is 5.93. The monoisotopic (exact) mass is 248 g/mol. The van der Waals surface area contributed by atoms with Crippen molar-refractivity contribution in [2.75, 3.05) is 18.0 Å². The number of benzene rings is 1. The van der Waals surface area contributed by atoms with Crippen molar-refractivity contribution in [2.45, 2.75) is 13.3 Å². The fourth-order valence-electron chi connectivity index (χ4n) is 2.24. The highest BCUT2D eigenvalue weighted by Crippen LogP contribution is 2.29. The summed E-state index contributed by atoms with van der Waals surface area (Å²) in [5.41, 5.74) is 2.00. The minimum absolute atomic E-state index is 0.351. The third-order valence-electron chi connectivity index (χ3n) is 2.98. The summed E-state index contributed by atoms with van der Waals surface area (Å²) < 4.78 is 0. The van der Waals surface area contributed by atoms with Crippen molar-refractivity contribution in [1.82, 2.24) is 5.32 Å². The van der Waals surface area contributed by atoms with E-state index in [4.69, 9.17) is 5.11 Å². The average Bonchev–Trinajstić information content (AvgIpc) is 2.34. The number of para-hydroxylation sites is 1. The molecular weight excluding hydrogens is 232 g/mol. The summed E-state index contributed by atoms with van der Waals surface area (Å²) >= 11 is 0. The number of hydrogen-bond acceptors (Lipinski definition) is 2. The number of carboxylic acid groups (broad SMARTS) is 1. The van der Waals surface area contributed by atoms with Crippen LogP contribution in [-0.4, -0.2) is 30.2 Å². The van der Waals surface area contributed by atoms with Crippen LogP contribution in [0, 0.1) is 5.92 Å². The first kappa shape index (κ1) is 12.4. The van der Waals surface area contributed by atoms with E-state index in [1.54, 1.807) is 4.90 Å². The number of urea groups is 1. The van der Waals surface area contributed by atoms with Gasteiger partial charge in [0.2, 0.25) is 0 Å². The molecule has 0 fully saturated rings. The molecule has 0 bridgehead atoms. The van der Waals surface area contributed by atoms with Gasteiger partial charge in [0.05, 0.1) is 0 Å². The quantitative estimate of drug-likeness (QED) is 0.832. The molecule has 2 N–H and O–H groups in total. The van der Waals surface area contributed by atoms with Gasteiger partial charge in [0.25, 0.3) is 0 Å². The van der Waals surface area contributed by atoms with Crippen LogP contribution in [0.2, 0.25) is 0 Å². The van der Waals surface area contributed by atoms with Crippen molar-refractivity contribution in [1.29, 1.82) is 0 Å². The van der Waals surface area contributed by atoms with Crippen LogP contribution < -0.4 is 10.2 Å². The van der Waals surface area contributed by atoms with Crippen LogP contribution in [0.5, 0.6) is 0 Å². The van der Waals surface area contributed by atoms with Gasteiger partial charge in [-0.2, -0.15) is 0 Å². The number of anilines is 1. The van der Waals surface area contributed by atoms with E-state index in [0.29, 0.717) is 12.5 Å². The van der Waals surface area contributed by atoms with Gasteiger partial charge in [-0.05, 0) is 24.0 Å². The second-order valence-electron chi connectivity index (χ2n) is 4.60. The number of carboxylic acids is 1. The van der Waals surface area contributed by atoms with Crippen LogP contribution in [0.4, 0.5) is 10.5 Å². The highest BCUT2D eigenvalue weighted by atomic mass is 16.4. The second-order valence-corrected chi connectivity index (χ2v) is 4.60. The molecule has 5 nitrogen and oxygen atoms in total. The normalized spacial score (nSPS) is 18.1. The van der Waals surface area contributed by atoms with E-state index in [1.807, 2.05) is 24.3 Å². The lowest BCUT2D eigenvalue weighted by atomic mass is 9.94. The Morgan fingerprint density at radius 2 is 2.17 bits per heavy atom. The molecule has 0 saturated carbocycles. The molecule has 0 saturated heterocycles. The van der Waals surface area contributed by atoms with Gasteiger partial charge < -0.3 is 10.4 Å². The lowest BCUT2D eigenvalue weighted by molar-refractivity contribution is -0.135. The lowest BCUT2D eigenvalue weighted by Crippen LogP contribution is -2.46. The summed E-state index contributed by atoms with van der Waals surface area (Å²) in [7, 11) is 0. The maximum atomic E-state index is 12.0. The minimum atomic E-state index is -1.04. The van der Waals surface area contributed by atoms with Crippen molar-refractivity contribution in [3.63, 3.8) is 0 Å². The Morgan fingerprint density at radius 3 is 2.89 bits per heavy atom. The van der Waals surface area contributed by atoms with Crippen LogP contribution in [0.1, 0.15) is 12.5 Å². The van der Waals surface area contributed by atoms with Gasteiger partial charge in [-0.25, -0.2) is 4.79 Å². The predicted octanol–water partition coefficient (Wildman–Crippen LogP) is 1.48. The Kier molecular flexibility index (Phi) is 3.50. The van der Waals surface area contributed by atoms with Crippen molar-refractivity contribution in [3.05, 3.63) is 29.8 Å². The molecule has 18 heavy (non-hydrogen) atoms. The molecule has 1 aliphatic rings. The maximum Gasteiger partial charge on any atom is 0.323 e. The highest BCUT2D eigenvalue weighted by molar-refractivity contribution is 5.94. The van der Waals surface area contributed by atoms with Crippen molar-refractivity contribution >= 4 is 17.7 Å². The topological polar surface area (TPSA) is 69.6 Å². The van der Waals surface area contributed by atoms with Crippen molar-refractivity contribution < 1.29 is 14.7 Å². The van der Waals surface area contributed by atoms with Crippen LogP contribution in [0.3, 0.4) is 0 Å². The molecule has 1 aliphatic heterocycles. The SMILES string of the molecule is CC1Cc2ccccc2N(C(=O)NCC(=O)O)C1. The number of aliphatic carboxylic acids is 1. The standard InChI is InChI=1S/C13H16N2O3/c1-9-6-10-4-2-3-5-11(10)15(8-9)13(18)14-7-12(16)17/h2-5,9H,6-8H2,1H3,(H,14,18)(H,16,17). The summed E-state index contributed by atoms with van der Waals surface area (Å²) in [6, 6.07) is 7.37. The number of nitrogens with zero attached hydrogens (tertiary/aromatic N) is 1. The van der Waals surface area contributed by atoms with E-state index in [2.05, 4.69) is 12.2 Å². The van der Waals surface area contributed by atoms with E-state index in [0.717, 1.165) is 17.7 Å². The molecular formula is C13H16N2O3. The smallest absolute Gasteiger partial charge is 0.323 e. The fraction of sp³-hybridized carbons (Fsp3) is 0.385. The number of carbonyl (C=O) groups is 2. The molecule has 1 aromatic rings. The molecule has 0 aliphatic carbocycles. The van der Waals surface area contributed by atoms with Gasteiger partial charge in [0, 0.05) is 12.2 Å². The van der Waals surface area contributed by atoms with Gasteiger partial charge in [-0.3, -0.25) is 9.69 Å². The number of amides is 2. The molecule has 0 radical (unpaired) electrons. The number of fused-ring (bicyclic) bond motifs is 1. The van der Waals surface area contributed by atoms with Crippen LogP contribution in [0.25, 0.3) is 0 Å². The lowest BCUT2D eigenvalue weighted by Gasteiger charge is -2.33. The Hall–Kier alpha value is -2.04. The summed E-state index contributed by atoms with van der Waals surface area (Å²) in [5, 5.41) is 11.0. The van der Waals surface area contributed by atoms with Gasteiger partial charge in [-0.1, -0.05) is 25.1 Å². The molecule has 0 spiro atoms. The third kappa shape index (κ3) is 2.61. The number of carbonyl (C=O) groups excluding carboxylic acids is 1. The van der Waals surface area contributed by atoms with E-state index < -0.39 is 5.97 Å². The maximum absolute atomic E-state index is 12.0. The molecule has 2 rings (SSSR count). The Balaban J connectivity index is 2.18. The van der Waals surface area contributed by atoms with E-state index in [-0.39, 0.29) is 12.6 Å². The highest BCUT2D eigenvalue weighted by Gasteiger charge is 2.26. The van der Waals surface area contributed by atoms with Gasteiger partial charge in [-0.15, -0.1) is 0 Å². The summed E-state index contributed by atoms with van der Waals surface area (Å²) in [6.07, 6.45) is 0.943. The number of hydrogen-bond donors (Lipinski definition) is 2. The van der Waals surface area contributed by atoms with Crippen LogP contribution >= 0.6 is 0 Å². The predicted molar refractivity (Wildman–Crippen MR) is 67.7 cm³/mol. The van der Waals surface area contributed by atoms with Crippen LogP contribution in [0.15, 0.2) is 24.3 Å². The first-order chi connectivity index (χ1) is 8.58. The molecule has 1 unspecified atom stereocenters. The van der Waals surface area contributed by atoms with Crippen LogP contribution in [-0.2, 0) is 11.2 Å². The molecule has 1 aromatic carbocycles. The average molecular weight is 248 g/mol. The van der Waals surface area contributed by atoms with Crippen molar-refractivity contribution in [2.24, 2.45) is 5.92 Å². The Bertz CT molecular complexity index is 473. The van der Waals surface area contributed by atoms with Crippen molar-refractivity contribution in [3.8, 4) is 0 Å². The molecule has 1 heterocycles. The van der Waals surface area contributed by atoms with E-state index in [1.165, 1.54) is 0 Å². The van der Waals surface area contributed by atoms with Gasteiger partial charge in [0.15, 0.2) is 0 Å². The Morgan fingerprint density at radius 1 is 1.44 bits per heavy atom. The van der Waals surface area contributed by atoms with Gasteiger partial charge in [0.1, 0.15) is 6.54 Å². The number of nitrogens with one attached hydrogen (secondary N) is 1. The Labute approximate surface area is 105 Å². The third-order valence-corrected chi connectivity index (χ3v) is 2.98. The van der Waals surface area contributed by atoms with Gasteiger partial charge >= 0.3 is 12.0 Å². The largest absolute Gasteiger partial charge is 0.480 e. The number of rotatable bonds is 2. The zero-order chi connectivity index (χ0) is 13.1. The minimum Gasteiger partial charge on any atom is -0.480 e. The summed E-state index contributed by atoms with van der Waals surface area (Å²) in [5.74, 6) is -0.669. The fourth-order valence-corrected chi connectivity index (χ4v) is 2.24. The first-order valence-electron chi connectivity index (χ1n) is 5.93. The summed E-state index contributed by atoms with van der Waals surface area (Å²) in [6.45, 7) is 2.34. The summed E-state index contributed by atoms with van der Waals surface area (Å²) in [4.78, 5) is 24.0. The zero-order valence-electron chi connectivity index (χ0n) is 10.2. The molecule has 96 valence electrons. The van der Waals surface area contributed by atoms with E-state index in [9.17, 15) is 9.59 Å². The molecule has 5 heteroatoms.